The molecule has 2 N–H and O–H groups in total. The Balaban J connectivity index is 1.76. The van der Waals surface area contributed by atoms with Crippen molar-refractivity contribution in [2.75, 3.05) is 38.7 Å². The summed E-state index contributed by atoms with van der Waals surface area (Å²) < 4.78 is 5.45. The Hall–Kier alpha value is -1.64. The number of pyridine rings is 1. The monoisotopic (exact) mass is 300 g/mol. The number of hydrogen-bond donors (Lipinski definition) is 2. The first-order chi connectivity index (χ1) is 10.8. The van der Waals surface area contributed by atoms with Gasteiger partial charge in [-0.1, -0.05) is 0 Å². The van der Waals surface area contributed by atoms with E-state index in [9.17, 15) is 5.26 Å². The molecule has 1 aliphatic heterocycles. The van der Waals surface area contributed by atoms with Crippen LogP contribution in [-0.4, -0.2) is 38.3 Å². The Labute approximate surface area is 132 Å². The maximum atomic E-state index is 9.39. The summed E-state index contributed by atoms with van der Waals surface area (Å²) in [5, 5.41) is 16.2. The molecule has 1 aromatic heterocycles. The zero-order valence-electron chi connectivity index (χ0n) is 13.2. The second-order valence-corrected chi connectivity index (χ2v) is 6.49. The number of hydrogen-bond acceptors (Lipinski definition) is 5. The van der Waals surface area contributed by atoms with Crippen molar-refractivity contribution in [1.82, 2.24) is 10.3 Å². The molecule has 0 radical (unpaired) electrons. The summed E-state index contributed by atoms with van der Waals surface area (Å²) >= 11 is 0. The van der Waals surface area contributed by atoms with E-state index in [0.29, 0.717) is 5.56 Å². The number of fused-ring (bicyclic) bond motifs is 1. The molecule has 1 fully saturated rings. The SMILES string of the molecule is COCC1(CNc2nc3c(cc2C#N)CCC3)CCNCC1. The lowest BCUT2D eigenvalue weighted by Gasteiger charge is -2.37. The third-order valence-electron chi connectivity index (χ3n) is 4.92. The first-order valence-electron chi connectivity index (χ1n) is 8.13. The summed E-state index contributed by atoms with van der Waals surface area (Å²) in [6.45, 7) is 3.60. The van der Waals surface area contributed by atoms with E-state index in [2.05, 4.69) is 16.7 Å². The van der Waals surface area contributed by atoms with Crippen LogP contribution in [0.2, 0.25) is 0 Å². The second-order valence-electron chi connectivity index (χ2n) is 6.49. The van der Waals surface area contributed by atoms with Crippen molar-refractivity contribution in [1.29, 1.82) is 5.26 Å². The summed E-state index contributed by atoms with van der Waals surface area (Å²) in [7, 11) is 1.76. The van der Waals surface area contributed by atoms with Gasteiger partial charge in [0.2, 0.25) is 0 Å². The number of rotatable bonds is 5. The van der Waals surface area contributed by atoms with Gasteiger partial charge in [-0.2, -0.15) is 5.26 Å². The highest BCUT2D eigenvalue weighted by molar-refractivity contribution is 5.55. The van der Waals surface area contributed by atoms with Gasteiger partial charge >= 0.3 is 0 Å². The number of methoxy groups -OCH3 is 1. The standard InChI is InChI=1S/C17H24N4O/c1-22-12-17(5-7-19-8-6-17)11-20-16-14(10-18)9-13-3-2-4-15(13)21-16/h9,19H,2-8,11-12H2,1H3,(H,20,21). The summed E-state index contributed by atoms with van der Waals surface area (Å²) in [5.41, 5.74) is 3.21. The molecule has 0 amide bonds. The average molecular weight is 300 g/mol. The van der Waals surface area contributed by atoms with Crippen molar-refractivity contribution in [2.45, 2.75) is 32.1 Å². The van der Waals surface area contributed by atoms with Crippen LogP contribution in [-0.2, 0) is 17.6 Å². The predicted molar refractivity (Wildman–Crippen MR) is 85.9 cm³/mol. The minimum absolute atomic E-state index is 0.132. The zero-order chi connectivity index (χ0) is 15.4. The Morgan fingerprint density at radius 1 is 1.41 bits per heavy atom. The van der Waals surface area contributed by atoms with Crippen LogP contribution in [0.4, 0.5) is 5.82 Å². The van der Waals surface area contributed by atoms with Gasteiger partial charge in [0.25, 0.3) is 0 Å². The van der Waals surface area contributed by atoms with E-state index in [4.69, 9.17) is 9.72 Å². The maximum Gasteiger partial charge on any atom is 0.144 e. The highest BCUT2D eigenvalue weighted by Gasteiger charge is 2.32. The van der Waals surface area contributed by atoms with Crippen molar-refractivity contribution >= 4 is 5.82 Å². The third kappa shape index (κ3) is 3.08. The summed E-state index contributed by atoms with van der Waals surface area (Å²) in [5.74, 6) is 0.747. The van der Waals surface area contributed by atoms with Gasteiger partial charge in [-0.15, -0.1) is 0 Å². The topological polar surface area (TPSA) is 70.0 Å². The predicted octanol–water partition coefficient (Wildman–Crippen LogP) is 1.87. The normalized spacial score (nSPS) is 19.5. The number of nitrogens with zero attached hydrogens (tertiary/aromatic N) is 2. The molecule has 0 saturated carbocycles. The van der Waals surface area contributed by atoms with E-state index >= 15 is 0 Å². The molecule has 3 rings (SSSR count). The summed E-state index contributed by atoms with van der Waals surface area (Å²) in [4.78, 5) is 4.71. The van der Waals surface area contributed by atoms with E-state index in [1.165, 1.54) is 5.56 Å². The van der Waals surface area contributed by atoms with E-state index in [-0.39, 0.29) is 5.41 Å². The Kier molecular flexibility index (Phi) is 4.60. The minimum atomic E-state index is 0.132. The molecule has 0 atom stereocenters. The molecule has 2 aliphatic rings. The number of ether oxygens (including phenoxy) is 1. The van der Waals surface area contributed by atoms with E-state index in [1.54, 1.807) is 7.11 Å². The molecule has 118 valence electrons. The molecule has 0 spiro atoms. The quantitative estimate of drug-likeness (QED) is 0.869. The average Bonchev–Trinajstić information content (AvgIpc) is 3.00. The van der Waals surface area contributed by atoms with Crippen LogP contribution in [0.5, 0.6) is 0 Å². The van der Waals surface area contributed by atoms with Crippen molar-refractivity contribution in [3.05, 3.63) is 22.9 Å². The highest BCUT2D eigenvalue weighted by atomic mass is 16.5. The lowest BCUT2D eigenvalue weighted by atomic mass is 9.79. The van der Waals surface area contributed by atoms with Gasteiger partial charge in [-0.25, -0.2) is 4.98 Å². The van der Waals surface area contributed by atoms with Crippen LogP contribution in [0.15, 0.2) is 6.07 Å². The van der Waals surface area contributed by atoms with Crippen molar-refractivity contribution in [3.8, 4) is 6.07 Å². The first kappa shape index (κ1) is 15.3. The van der Waals surface area contributed by atoms with Crippen LogP contribution in [0.25, 0.3) is 0 Å². The fourth-order valence-corrected chi connectivity index (χ4v) is 3.60. The Morgan fingerprint density at radius 3 is 2.95 bits per heavy atom. The van der Waals surface area contributed by atoms with Crippen LogP contribution in [0.3, 0.4) is 0 Å². The number of nitriles is 1. The molecule has 0 bridgehead atoms. The fraction of sp³-hybridized carbons (Fsp3) is 0.647. The van der Waals surface area contributed by atoms with Crippen molar-refractivity contribution in [3.63, 3.8) is 0 Å². The molecule has 1 aliphatic carbocycles. The number of aromatic nitrogens is 1. The second kappa shape index (κ2) is 6.64. The van der Waals surface area contributed by atoms with Gasteiger partial charge in [-0.05, 0) is 56.8 Å². The minimum Gasteiger partial charge on any atom is -0.384 e. The fourth-order valence-electron chi connectivity index (χ4n) is 3.60. The molecular weight excluding hydrogens is 276 g/mol. The van der Waals surface area contributed by atoms with E-state index in [1.807, 2.05) is 6.07 Å². The molecule has 0 unspecified atom stereocenters. The molecule has 1 aromatic rings. The molecule has 2 heterocycles. The van der Waals surface area contributed by atoms with Crippen molar-refractivity contribution < 1.29 is 4.74 Å². The third-order valence-corrected chi connectivity index (χ3v) is 4.92. The molecule has 1 saturated heterocycles. The lowest BCUT2D eigenvalue weighted by molar-refractivity contribution is 0.0635. The molecule has 5 nitrogen and oxygen atoms in total. The van der Waals surface area contributed by atoms with Crippen LogP contribution in [0.1, 0.15) is 36.1 Å². The smallest absolute Gasteiger partial charge is 0.144 e. The number of aryl methyl sites for hydroxylation is 2. The van der Waals surface area contributed by atoms with Crippen LogP contribution in [0, 0.1) is 16.7 Å². The lowest BCUT2D eigenvalue weighted by Crippen LogP contribution is -2.44. The summed E-state index contributed by atoms with van der Waals surface area (Å²) in [6.07, 6.45) is 5.40. The zero-order valence-corrected chi connectivity index (χ0v) is 13.2. The van der Waals surface area contributed by atoms with Crippen molar-refractivity contribution in [2.24, 2.45) is 5.41 Å². The highest BCUT2D eigenvalue weighted by Crippen LogP contribution is 2.31. The number of nitrogens with one attached hydrogen (secondary N) is 2. The number of anilines is 1. The van der Waals surface area contributed by atoms with Gasteiger partial charge in [0.05, 0.1) is 12.2 Å². The number of piperidine rings is 1. The van der Waals surface area contributed by atoms with Gasteiger partial charge < -0.3 is 15.4 Å². The van der Waals surface area contributed by atoms with Gasteiger partial charge in [-0.3, -0.25) is 0 Å². The van der Waals surface area contributed by atoms with E-state index in [0.717, 1.165) is 69.9 Å². The largest absolute Gasteiger partial charge is 0.384 e. The van der Waals surface area contributed by atoms with Gasteiger partial charge in [0.1, 0.15) is 11.9 Å². The van der Waals surface area contributed by atoms with E-state index < -0.39 is 0 Å². The van der Waals surface area contributed by atoms with Crippen LogP contribution < -0.4 is 10.6 Å². The first-order valence-corrected chi connectivity index (χ1v) is 8.13. The van der Waals surface area contributed by atoms with Gasteiger partial charge in [0, 0.05) is 24.8 Å². The molecule has 0 aromatic carbocycles. The maximum absolute atomic E-state index is 9.39. The summed E-state index contributed by atoms with van der Waals surface area (Å²) in [6, 6.07) is 4.31. The Morgan fingerprint density at radius 2 is 2.23 bits per heavy atom. The molecule has 22 heavy (non-hydrogen) atoms. The Bertz CT molecular complexity index is 567. The molecule has 5 heteroatoms. The molecular formula is C17H24N4O. The van der Waals surface area contributed by atoms with Crippen LogP contribution >= 0.6 is 0 Å². The van der Waals surface area contributed by atoms with Gasteiger partial charge in [0.15, 0.2) is 0 Å².